The molecule has 1 N–H and O–H groups in total. The Hall–Kier alpha value is -2.40. The summed E-state index contributed by atoms with van der Waals surface area (Å²) in [6.07, 6.45) is 9.26. The van der Waals surface area contributed by atoms with E-state index in [0.29, 0.717) is 12.0 Å². The highest BCUT2D eigenvalue weighted by molar-refractivity contribution is 5.73. The fraction of sp³-hybridized carbons (Fsp3) is 0.520. The highest BCUT2D eigenvalue weighted by atomic mass is 16.5. The molecule has 5 heteroatoms. The van der Waals surface area contributed by atoms with Crippen molar-refractivity contribution in [3.05, 3.63) is 59.9 Å². The van der Waals surface area contributed by atoms with Gasteiger partial charge in [0.1, 0.15) is 5.75 Å². The molecule has 2 aliphatic rings. The first-order chi connectivity index (χ1) is 14.7. The van der Waals surface area contributed by atoms with Gasteiger partial charge in [-0.2, -0.15) is 0 Å². The van der Waals surface area contributed by atoms with E-state index < -0.39 is 0 Å². The van der Waals surface area contributed by atoms with Crippen molar-refractivity contribution in [1.29, 1.82) is 0 Å². The molecular formula is C25H33N3O2. The first-order valence-electron chi connectivity index (χ1n) is 11.3. The highest BCUT2D eigenvalue weighted by Gasteiger charge is 2.29. The quantitative estimate of drug-likeness (QED) is 0.735. The predicted molar refractivity (Wildman–Crippen MR) is 118 cm³/mol. The van der Waals surface area contributed by atoms with Crippen LogP contribution in [-0.2, 0) is 11.3 Å². The van der Waals surface area contributed by atoms with Crippen LogP contribution in [-0.4, -0.2) is 35.0 Å². The van der Waals surface area contributed by atoms with Crippen molar-refractivity contribution < 1.29 is 9.53 Å². The molecule has 1 amide bonds. The summed E-state index contributed by atoms with van der Waals surface area (Å²) in [5.74, 6) is 1.43. The van der Waals surface area contributed by atoms with Crippen LogP contribution in [0, 0.1) is 5.92 Å². The van der Waals surface area contributed by atoms with Crippen LogP contribution in [0.15, 0.2) is 48.7 Å². The maximum atomic E-state index is 11.8. The molecule has 1 aromatic heterocycles. The van der Waals surface area contributed by atoms with E-state index in [4.69, 9.17) is 4.74 Å². The molecule has 0 radical (unpaired) electrons. The van der Waals surface area contributed by atoms with Crippen LogP contribution in [0.3, 0.4) is 0 Å². The molecule has 1 unspecified atom stereocenters. The molecule has 2 aromatic rings. The van der Waals surface area contributed by atoms with E-state index in [0.717, 1.165) is 43.9 Å². The second-order valence-electron chi connectivity index (χ2n) is 8.72. The summed E-state index contributed by atoms with van der Waals surface area (Å²) >= 11 is 0. The number of benzene rings is 1. The number of nitrogens with zero attached hydrogens (tertiary/aromatic N) is 2. The lowest BCUT2D eigenvalue weighted by molar-refractivity contribution is -0.120. The molecule has 2 fully saturated rings. The summed E-state index contributed by atoms with van der Waals surface area (Å²) < 4.78 is 6.17. The molecule has 1 aliphatic heterocycles. The molecule has 2 heterocycles. The Morgan fingerprint density at radius 2 is 1.93 bits per heavy atom. The first kappa shape index (κ1) is 20.9. The predicted octanol–water partition coefficient (Wildman–Crippen LogP) is 4.49. The molecule has 0 bridgehead atoms. The molecule has 1 aliphatic carbocycles. The van der Waals surface area contributed by atoms with Gasteiger partial charge in [-0.1, -0.05) is 18.2 Å². The second-order valence-corrected chi connectivity index (χ2v) is 8.72. The van der Waals surface area contributed by atoms with Gasteiger partial charge in [0, 0.05) is 19.7 Å². The SMILES string of the molecule is CC(=O)NC(c1ccccn1)C1CCN(Cc2cccc(OC3CCCC3)c2)CC1. The van der Waals surface area contributed by atoms with Crippen LogP contribution < -0.4 is 10.1 Å². The molecule has 1 aromatic carbocycles. The molecule has 1 saturated carbocycles. The summed E-state index contributed by atoms with van der Waals surface area (Å²) in [6.45, 7) is 4.59. The maximum absolute atomic E-state index is 11.8. The summed E-state index contributed by atoms with van der Waals surface area (Å²) in [6, 6.07) is 14.5. The zero-order chi connectivity index (χ0) is 20.8. The minimum Gasteiger partial charge on any atom is -0.490 e. The molecular weight excluding hydrogens is 374 g/mol. The Labute approximate surface area is 179 Å². The average molecular weight is 408 g/mol. The van der Waals surface area contributed by atoms with Crippen LogP contribution in [0.2, 0.25) is 0 Å². The van der Waals surface area contributed by atoms with Gasteiger partial charge in [0.2, 0.25) is 5.91 Å². The van der Waals surface area contributed by atoms with Crippen molar-refractivity contribution in [2.75, 3.05) is 13.1 Å². The lowest BCUT2D eigenvalue weighted by atomic mass is 9.87. The fourth-order valence-electron chi connectivity index (χ4n) is 4.83. The number of nitrogens with one attached hydrogen (secondary N) is 1. The fourth-order valence-corrected chi connectivity index (χ4v) is 4.83. The lowest BCUT2D eigenvalue weighted by Crippen LogP contribution is -2.40. The molecule has 1 atom stereocenters. The number of amides is 1. The second kappa shape index (κ2) is 10.1. The third-order valence-corrected chi connectivity index (χ3v) is 6.38. The van der Waals surface area contributed by atoms with E-state index in [1.54, 1.807) is 13.1 Å². The first-order valence-corrected chi connectivity index (χ1v) is 11.3. The van der Waals surface area contributed by atoms with Crippen molar-refractivity contribution in [3.63, 3.8) is 0 Å². The number of rotatable bonds is 7. The van der Waals surface area contributed by atoms with E-state index >= 15 is 0 Å². The monoisotopic (exact) mass is 407 g/mol. The van der Waals surface area contributed by atoms with E-state index in [-0.39, 0.29) is 11.9 Å². The Bertz CT molecular complexity index is 812. The van der Waals surface area contributed by atoms with E-state index in [9.17, 15) is 4.79 Å². The Balaban J connectivity index is 1.33. The summed E-state index contributed by atoms with van der Waals surface area (Å²) in [5, 5.41) is 3.14. The number of carbonyl (C=O) groups is 1. The van der Waals surface area contributed by atoms with Crippen molar-refractivity contribution >= 4 is 5.91 Å². The summed E-state index contributed by atoms with van der Waals surface area (Å²) in [5.41, 5.74) is 2.27. The lowest BCUT2D eigenvalue weighted by Gasteiger charge is -2.36. The van der Waals surface area contributed by atoms with Crippen molar-refractivity contribution in [2.45, 2.75) is 64.1 Å². The molecule has 1 saturated heterocycles. The smallest absolute Gasteiger partial charge is 0.217 e. The molecule has 5 nitrogen and oxygen atoms in total. The van der Waals surface area contributed by atoms with Crippen LogP contribution in [0.1, 0.15) is 62.7 Å². The van der Waals surface area contributed by atoms with E-state index in [1.807, 2.05) is 18.2 Å². The Morgan fingerprint density at radius 3 is 2.63 bits per heavy atom. The number of hydrogen-bond donors (Lipinski definition) is 1. The van der Waals surface area contributed by atoms with Gasteiger partial charge in [0.05, 0.1) is 17.8 Å². The molecule has 0 spiro atoms. The van der Waals surface area contributed by atoms with Gasteiger partial charge in [0.15, 0.2) is 0 Å². The van der Waals surface area contributed by atoms with Gasteiger partial charge < -0.3 is 10.1 Å². The van der Waals surface area contributed by atoms with Crippen LogP contribution in [0.25, 0.3) is 0 Å². The number of likely N-dealkylation sites (tertiary alicyclic amines) is 1. The highest BCUT2D eigenvalue weighted by Crippen LogP contribution is 2.31. The van der Waals surface area contributed by atoms with Gasteiger partial charge in [-0.3, -0.25) is 14.7 Å². The van der Waals surface area contributed by atoms with Crippen molar-refractivity contribution in [1.82, 2.24) is 15.2 Å². The van der Waals surface area contributed by atoms with Crippen molar-refractivity contribution in [3.8, 4) is 5.75 Å². The minimum absolute atomic E-state index is 0.00557. The maximum Gasteiger partial charge on any atom is 0.217 e. The number of aromatic nitrogens is 1. The largest absolute Gasteiger partial charge is 0.490 e. The molecule has 4 rings (SSSR count). The Morgan fingerprint density at radius 1 is 1.13 bits per heavy atom. The third kappa shape index (κ3) is 5.60. The normalized spacial score (nSPS) is 19.5. The van der Waals surface area contributed by atoms with E-state index in [2.05, 4.69) is 39.5 Å². The Kier molecular flexibility index (Phi) is 7.00. The van der Waals surface area contributed by atoms with Gasteiger partial charge in [-0.15, -0.1) is 0 Å². The standard InChI is InChI=1S/C25H33N3O2/c1-19(29)27-25(24-11-4-5-14-26-24)21-12-15-28(16-13-21)18-20-7-6-10-23(17-20)30-22-8-2-3-9-22/h4-7,10-11,14,17,21-22,25H,2-3,8-9,12-13,15-16,18H2,1H3,(H,27,29). The molecule has 160 valence electrons. The van der Waals surface area contributed by atoms with Gasteiger partial charge in [-0.05, 0) is 87.4 Å². The number of carbonyl (C=O) groups excluding carboxylic acids is 1. The number of ether oxygens (including phenoxy) is 1. The zero-order valence-corrected chi connectivity index (χ0v) is 17.9. The van der Waals surface area contributed by atoms with Crippen LogP contribution in [0.5, 0.6) is 5.75 Å². The van der Waals surface area contributed by atoms with Crippen LogP contribution >= 0.6 is 0 Å². The van der Waals surface area contributed by atoms with Gasteiger partial charge in [0.25, 0.3) is 0 Å². The number of hydrogen-bond acceptors (Lipinski definition) is 4. The van der Waals surface area contributed by atoms with Gasteiger partial charge in [-0.25, -0.2) is 0 Å². The van der Waals surface area contributed by atoms with Gasteiger partial charge >= 0.3 is 0 Å². The zero-order valence-electron chi connectivity index (χ0n) is 17.9. The topological polar surface area (TPSA) is 54.5 Å². The van der Waals surface area contributed by atoms with E-state index in [1.165, 1.54) is 31.2 Å². The minimum atomic E-state index is -0.00557. The summed E-state index contributed by atoms with van der Waals surface area (Å²) in [4.78, 5) is 18.8. The molecule has 30 heavy (non-hydrogen) atoms. The third-order valence-electron chi connectivity index (χ3n) is 6.38. The van der Waals surface area contributed by atoms with Crippen molar-refractivity contribution in [2.24, 2.45) is 5.92 Å². The van der Waals surface area contributed by atoms with Crippen LogP contribution in [0.4, 0.5) is 0 Å². The average Bonchev–Trinajstić information content (AvgIpc) is 3.27. The summed E-state index contributed by atoms with van der Waals surface area (Å²) in [7, 11) is 0. The number of pyridine rings is 1. The number of piperidine rings is 1.